The van der Waals surface area contributed by atoms with Crippen LogP contribution in [0.2, 0.25) is 0 Å². The van der Waals surface area contributed by atoms with Gasteiger partial charge in [-0.1, -0.05) is 15.9 Å². The maximum atomic E-state index is 12.6. The maximum Gasteiger partial charge on any atom is 0.410 e. The zero-order chi connectivity index (χ0) is 18.4. The summed E-state index contributed by atoms with van der Waals surface area (Å²) in [5.41, 5.74) is 1.19. The quantitative estimate of drug-likeness (QED) is 0.755. The van der Waals surface area contributed by atoms with Gasteiger partial charge in [-0.3, -0.25) is 4.79 Å². The minimum atomic E-state index is -0.550. The Morgan fingerprint density at radius 2 is 2.00 bits per heavy atom. The number of halogens is 1. The molecule has 25 heavy (non-hydrogen) atoms. The second kappa shape index (κ2) is 6.48. The lowest BCUT2D eigenvalue weighted by Crippen LogP contribution is -2.34. The Labute approximate surface area is 155 Å². The minimum Gasteiger partial charge on any atom is -0.444 e. The molecule has 0 radical (unpaired) electrons. The third kappa shape index (κ3) is 4.06. The number of rotatable bonds is 3. The highest BCUT2D eigenvalue weighted by Gasteiger charge is 2.27. The Hall–Kier alpha value is -1.82. The van der Waals surface area contributed by atoms with Crippen molar-refractivity contribution in [1.29, 1.82) is 0 Å². The Balaban J connectivity index is 1.99. The Morgan fingerprint density at radius 1 is 1.32 bits per heavy atom. The smallest absolute Gasteiger partial charge is 0.410 e. The van der Waals surface area contributed by atoms with Crippen LogP contribution in [0.4, 0.5) is 4.79 Å². The molecule has 1 amide bonds. The van der Waals surface area contributed by atoms with Gasteiger partial charge < -0.3 is 14.2 Å². The number of nitrogens with zero attached hydrogens (tertiary/aromatic N) is 2. The summed E-state index contributed by atoms with van der Waals surface area (Å²) in [5, 5.41) is 0.983. The van der Waals surface area contributed by atoms with Crippen molar-refractivity contribution in [3.8, 4) is 0 Å². The summed E-state index contributed by atoms with van der Waals surface area (Å²) in [6.07, 6.45) is 1.69. The van der Waals surface area contributed by atoms with Gasteiger partial charge in [0.25, 0.3) is 5.56 Å². The van der Waals surface area contributed by atoms with Crippen LogP contribution in [0.5, 0.6) is 0 Å². The van der Waals surface area contributed by atoms with Crippen molar-refractivity contribution in [2.75, 3.05) is 7.05 Å². The molecule has 0 aliphatic heterocycles. The highest BCUT2D eigenvalue weighted by atomic mass is 79.9. The molecule has 1 fully saturated rings. The summed E-state index contributed by atoms with van der Waals surface area (Å²) in [7, 11) is 1.68. The van der Waals surface area contributed by atoms with Crippen LogP contribution >= 0.6 is 15.9 Å². The highest BCUT2D eigenvalue weighted by molar-refractivity contribution is 9.10. The largest absolute Gasteiger partial charge is 0.444 e. The van der Waals surface area contributed by atoms with E-state index in [1.807, 2.05) is 43.5 Å². The molecule has 0 atom stereocenters. The predicted molar refractivity (Wildman–Crippen MR) is 102 cm³/mol. The summed E-state index contributed by atoms with van der Waals surface area (Å²) in [6, 6.07) is 7.87. The monoisotopic (exact) mass is 406 g/mol. The molecule has 0 bridgehead atoms. The van der Waals surface area contributed by atoms with Crippen molar-refractivity contribution in [2.45, 2.75) is 51.8 Å². The van der Waals surface area contributed by atoms with E-state index in [1.54, 1.807) is 13.1 Å². The van der Waals surface area contributed by atoms with Crippen molar-refractivity contribution in [3.63, 3.8) is 0 Å². The van der Waals surface area contributed by atoms with Gasteiger partial charge >= 0.3 is 6.09 Å². The molecule has 2 aromatic rings. The molecule has 134 valence electrons. The van der Waals surface area contributed by atoms with E-state index in [4.69, 9.17) is 4.74 Å². The van der Waals surface area contributed by atoms with Crippen LogP contribution in [0, 0.1) is 0 Å². The van der Waals surface area contributed by atoms with E-state index in [2.05, 4.69) is 15.9 Å². The fraction of sp³-hybridized carbons (Fsp3) is 0.474. The third-order valence-corrected chi connectivity index (χ3v) is 4.62. The molecule has 0 spiro atoms. The maximum absolute atomic E-state index is 12.6. The Bertz CT molecular complexity index is 879. The Morgan fingerprint density at radius 3 is 2.60 bits per heavy atom. The molecular weight excluding hydrogens is 384 g/mol. The van der Waals surface area contributed by atoms with Crippen LogP contribution in [-0.2, 0) is 11.3 Å². The van der Waals surface area contributed by atoms with Gasteiger partial charge in [-0.15, -0.1) is 0 Å². The molecule has 1 aromatic carbocycles. The number of hydrogen-bond acceptors (Lipinski definition) is 3. The van der Waals surface area contributed by atoms with E-state index in [0.717, 1.165) is 33.8 Å². The molecule has 6 heteroatoms. The number of benzene rings is 1. The van der Waals surface area contributed by atoms with Crippen molar-refractivity contribution in [3.05, 3.63) is 44.7 Å². The average Bonchev–Trinajstić information content (AvgIpc) is 3.30. The first kappa shape index (κ1) is 18.0. The standard InChI is InChI=1S/C19H23BrN2O3/c1-19(2,3)25-18(24)21(4)11-12-9-17(23)22(14-6-7-14)16-8-5-13(20)10-15(12)16/h5,8-10,14H,6-7,11H2,1-4H3. The van der Waals surface area contributed by atoms with Crippen LogP contribution < -0.4 is 5.56 Å². The third-order valence-electron chi connectivity index (χ3n) is 4.12. The van der Waals surface area contributed by atoms with Crippen LogP contribution in [0.1, 0.15) is 45.2 Å². The van der Waals surface area contributed by atoms with Gasteiger partial charge in [0.05, 0.1) is 5.52 Å². The lowest BCUT2D eigenvalue weighted by molar-refractivity contribution is 0.0285. The fourth-order valence-corrected chi connectivity index (χ4v) is 3.25. The first-order valence-electron chi connectivity index (χ1n) is 8.43. The van der Waals surface area contributed by atoms with E-state index >= 15 is 0 Å². The number of carbonyl (C=O) groups is 1. The zero-order valence-corrected chi connectivity index (χ0v) is 16.6. The van der Waals surface area contributed by atoms with E-state index < -0.39 is 11.7 Å². The van der Waals surface area contributed by atoms with E-state index in [-0.39, 0.29) is 5.56 Å². The first-order chi connectivity index (χ1) is 11.7. The zero-order valence-electron chi connectivity index (χ0n) is 15.0. The fourth-order valence-electron chi connectivity index (χ4n) is 2.89. The van der Waals surface area contributed by atoms with Crippen LogP contribution in [0.3, 0.4) is 0 Å². The second-order valence-electron chi connectivity index (χ2n) is 7.61. The first-order valence-corrected chi connectivity index (χ1v) is 9.23. The number of aromatic nitrogens is 1. The average molecular weight is 407 g/mol. The van der Waals surface area contributed by atoms with Crippen LogP contribution in [-0.4, -0.2) is 28.2 Å². The van der Waals surface area contributed by atoms with E-state index in [9.17, 15) is 9.59 Å². The summed E-state index contributed by atoms with van der Waals surface area (Å²) >= 11 is 3.50. The molecule has 0 saturated heterocycles. The molecule has 0 N–H and O–H groups in total. The topological polar surface area (TPSA) is 51.5 Å². The summed E-state index contributed by atoms with van der Waals surface area (Å²) in [5.74, 6) is 0. The summed E-state index contributed by atoms with van der Waals surface area (Å²) in [6.45, 7) is 5.83. The molecule has 3 rings (SSSR count). The van der Waals surface area contributed by atoms with Gasteiger partial charge in [0.15, 0.2) is 0 Å². The minimum absolute atomic E-state index is 0.00934. The van der Waals surface area contributed by atoms with Gasteiger partial charge in [0.1, 0.15) is 5.60 Å². The number of hydrogen-bond donors (Lipinski definition) is 0. The molecule has 1 aliphatic carbocycles. The van der Waals surface area contributed by atoms with Gasteiger partial charge in [0, 0.05) is 35.6 Å². The summed E-state index contributed by atoms with van der Waals surface area (Å²) in [4.78, 5) is 26.4. The number of pyridine rings is 1. The molecule has 0 unspecified atom stereocenters. The lowest BCUT2D eigenvalue weighted by Gasteiger charge is -2.25. The lowest BCUT2D eigenvalue weighted by atomic mass is 10.1. The number of ether oxygens (including phenoxy) is 1. The second-order valence-corrected chi connectivity index (χ2v) is 8.52. The molecular formula is C19H23BrN2O3. The van der Waals surface area contributed by atoms with E-state index in [0.29, 0.717) is 12.6 Å². The molecule has 1 aromatic heterocycles. The van der Waals surface area contributed by atoms with Gasteiger partial charge in [-0.05, 0) is 57.4 Å². The number of amides is 1. The molecule has 1 heterocycles. The highest BCUT2D eigenvalue weighted by Crippen LogP contribution is 2.36. The van der Waals surface area contributed by atoms with Crippen LogP contribution in [0.25, 0.3) is 10.9 Å². The van der Waals surface area contributed by atoms with Gasteiger partial charge in [0.2, 0.25) is 0 Å². The predicted octanol–water partition coefficient (Wildman–Crippen LogP) is 4.47. The van der Waals surface area contributed by atoms with Crippen molar-refractivity contribution < 1.29 is 9.53 Å². The van der Waals surface area contributed by atoms with Crippen molar-refractivity contribution in [1.82, 2.24) is 9.47 Å². The molecule has 1 saturated carbocycles. The summed E-state index contributed by atoms with van der Waals surface area (Å²) < 4.78 is 8.22. The van der Waals surface area contributed by atoms with Crippen LogP contribution in [0.15, 0.2) is 33.5 Å². The van der Waals surface area contributed by atoms with E-state index in [1.165, 1.54) is 4.90 Å². The Kier molecular flexibility index (Phi) is 4.66. The molecule has 1 aliphatic rings. The normalized spacial score (nSPS) is 14.6. The van der Waals surface area contributed by atoms with Gasteiger partial charge in [-0.2, -0.15) is 0 Å². The SMILES string of the molecule is CN(Cc1cc(=O)n(C2CC2)c2ccc(Br)cc12)C(=O)OC(C)(C)C. The number of fused-ring (bicyclic) bond motifs is 1. The molecule has 5 nitrogen and oxygen atoms in total. The number of carbonyl (C=O) groups excluding carboxylic acids is 1. The van der Waals surface area contributed by atoms with Crippen molar-refractivity contribution in [2.24, 2.45) is 0 Å². The van der Waals surface area contributed by atoms with Crippen molar-refractivity contribution >= 4 is 32.9 Å². The van der Waals surface area contributed by atoms with Gasteiger partial charge in [-0.25, -0.2) is 4.79 Å².